The minimum atomic E-state index is -0.425. The monoisotopic (exact) mass is 358 g/mol. The number of rotatable bonds is 5. The molecule has 1 aromatic carbocycles. The standard InChI is InChI=1S/C12H12BrN3O3S/c1-16-11(12(18)19-15-16)20-7-6-10(17)14-9-4-2-8(13)3-5-9/h2-5H,6-7H2,1H3,(H-,14,15,17,18)/p+1. The van der Waals surface area contributed by atoms with Crippen LogP contribution in [0.25, 0.3) is 0 Å². The summed E-state index contributed by atoms with van der Waals surface area (Å²) in [6.07, 6.45) is 0.311. The van der Waals surface area contributed by atoms with E-state index in [-0.39, 0.29) is 5.91 Å². The van der Waals surface area contributed by atoms with Crippen molar-refractivity contribution in [1.29, 1.82) is 0 Å². The lowest BCUT2D eigenvalue weighted by molar-refractivity contribution is -0.772. The van der Waals surface area contributed by atoms with Crippen LogP contribution in [-0.4, -0.2) is 16.9 Å². The Labute approximate surface area is 127 Å². The third-order valence-electron chi connectivity index (χ3n) is 2.45. The number of nitrogens with one attached hydrogen (secondary N) is 2. The maximum absolute atomic E-state index is 11.7. The number of H-pyrrole nitrogens is 1. The molecule has 0 radical (unpaired) electrons. The van der Waals surface area contributed by atoms with Gasteiger partial charge in [0.15, 0.2) is 7.05 Å². The molecule has 1 amide bonds. The summed E-state index contributed by atoms with van der Waals surface area (Å²) in [6.45, 7) is 0. The van der Waals surface area contributed by atoms with Crippen LogP contribution in [0.5, 0.6) is 0 Å². The number of aromatic amines is 1. The van der Waals surface area contributed by atoms with Gasteiger partial charge in [-0.05, 0) is 41.3 Å². The molecular weight excluding hydrogens is 346 g/mol. The molecule has 20 heavy (non-hydrogen) atoms. The van der Waals surface area contributed by atoms with Crippen LogP contribution >= 0.6 is 27.7 Å². The number of halogens is 1. The molecule has 106 valence electrons. The van der Waals surface area contributed by atoms with Crippen LogP contribution in [0.1, 0.15) is 6.42 Å². The van der Waals surface area contributed by atoms with Gasteiger partial charge in [0.1, 0.15) is 0 Å². The summed E-state index contributed by atoms with van der Waals surface area (Å²) in [4.78, 5) is 23.0. The molecule has 2 N–H and O–H groups in total. The first-order valence-corrected chi connectivity index (χ1v) is 7.60. The summed E-state index contributed by atoms with van der Waals surface area (Å²) < 4.78 is 7.06. The van der Waals surface area contributed by atoms with Gasteiger partial charge in [-0.3, -0.25) is 9.32 Å². The van der Waals surface area contributed by atoms with E-state index in [1.807, 2.05) is 24.3 Å². The van der Waals surface area contributed by atoms with Crippen molar-refractivity contribution in [3.05, 3.63) is 39.2 Å². The van der Waals surface area contributed by atoms with Gasteiger partial charge in [-0.25, -0.2) is 4.79 Å². The number of nitrogens with zero attached hydrogens (tertiary/aromatic N) is 1. The number of benzene rings is 1. The number of aryl methyl sites for hydroxylation is 1. The molecule has 0 aliphatic rings. The fraction of sp³-hybridized carbons (Fsp3) is 0.250. The fourth-order valence-electron chi connectivity index (χ4n) is 1.48. The highest BCUT2D eigenvalue weighted by molar-refractivity contribution is 9.10. The lowest BCUT2D eigenvalue weighted by atomic mass is 10.3. The first kappa shape index (κ1) is 14.9. The Morgan fingerprint density at radius 3 is 2.75 bits per heavy atom. The lowest BCUT2D eigenvalue weighted by Gasteiger charge is -2.04. The number of hydrogen-bond donors (Lipinski definition) is 2. The molecule has 0 saturated heterocycles. The Balaban J connectivity index is 1.81. The van der Waals surface area contributed by atoms with E-state index in [4.69, 9.17) is 0 Å². The molecule has 0 bridgehead atoms. The minimum absolute atomic E-state index is 0.0950. The van der Waals surface area contributed by atoms with Gasteiger partial charge in [-0.2, -0.15) is 0 Å². The molecule has 0 fully saturated rings. The van der Waals surface area contributed by atoms with E-state index in [9.17, 15) is 9.59 Å². The zero-order chi connectivity index (χ0) is 14.5. The highest BCUT2D eigenvalue weighted by Gasteiger charge is 2.17. The normalized spacial score (nSPS) is 10.5. The zero-order valence-electron chi connectivity index (χ0n) is 10.7. The molecule has 0 spiro atoms. The van der Waals surface area contributed by atoms with E-state index in [1.165, 1.54) is 16.4 Å². The maximum atomic E-state index is 11.7. The topological polar surface area (TPSA) is 79.0 Å². The molecular formula is C12H13BrN3O3S+. The molecule has 2 rings (SSSR count). The number of aromatic nitrogens is 2. The lowest BCUT2D eigenvalue weighted by Crippen LogP contribution is -2.33. The number of carbonyl (C=O) groups is 1. The molecule has 0 atom stereocenters. The summed E-state index contributed by atoms with van der Waals surface area (Å²) in [6, 6.07) is 7.34. The number of anilines is 1. The average Bonchev–Trinajstić information content (AvgIpc) is 2.73. The summed E-state index contributed by atoms with van der Waals surface area (Å²) in [5.41, 5.74) is 0.320. The fourth-order valence-corrected chi connectivity index (χ4v) is 2.62. The van der Waals surface area contributed by atoms with Gasteiger partial charge < -0.3 is 5.32 Å². The second-order valence-electron chi connectivity index (χ2n) is 4.00. The first-order valence-electron chi connectivity index (χ1n) is 5.82. The third kappa shape index (κ3) is 3.97. The van der Waals surface area contributed by atoms with Crippen molar-refractivity contribution in [1.82, 2.24) is 5.27 Å². The Bertz CT molecular complexity index is 651. The number of amides is 1. The summed E-state index contributed by atoms with van der Waals surface area (Å²) in [5.74, 6) is 0.404. The van der Waals surface area contributed by atoms with E-state index in [1.54, 1.807) is 7.05 Å². The number of thioether (sulfide) groups is 1. The predicted molar refractivity (Wildman–Crippen MR) is 78.6 cm³/mol. The largest absolute Gasteiger partial charge is 0.441 e. The highest BCUT2D eigenvalue weighted by Crippen LogP contribution is 2.15. The predicted octanol–water partition coefficient (Wildman–Crippen LogP) is 1.68. The molecule has 8 heteroatoms. The van der Waals surface area contributed by atoms with Gasteiger partial charge in [-0.15, -0.1) is 0 Å². The minimum Gasteiger partial charge on any atom is -0.326 e. The Morgan fingerprint density at radius 2 is 2.15 bits per heavy atom. The van der Waals surface area contributed by atoms with E-state index in [0.29, 0.717) is 17.2 Å². The Morgan fingerprint density at radius 1 is 1.45 bits per heavy atom. The van der Waals surface area contributed by atoms with Crippen LogP contribution in [0.3, 0.4) is 0 Å². The van der Waals surface area contributed by atoms with Crippen LogP contribution in [-0.2, 0) is 11.8 Å². The van der Waals surface area contributed by atoms with Crippen molar-refractivity contribution in [3.8, 4) is 0 Å². The molecule has 0 unspecified atom stereocenters. The summed E-state index contributed by atoms with van der Waals surface area (Å²) >= 11 is 4.61. The van der Waals surface area contributed by atoms with Crippen molar-refractivity contribution in [2.75, 3.05) is 11.1 Å². The van der Waals surface area contributed by atoms with Crippen molar-refractivity contribution in [3.63, 3.8) is 0 Å². The quantitative estimate of drug-likeness (QED) is 0.629. The SMILES string of the molecule is C[n+]1[nH]oc(=O)c1SCCC(=O)Nc1ccc(Br)cc1. The van der Waals surface area contributed by atoms with Gasteiger partial charge in [0.2, 0.25) is 5.91 Å². The van der Waals surface area contributed by atoms with E-state index >= 15 is 0 Å². The molecule has 6 nitrogen and oxygen atoms in total. The Hall–Kier alpha value is -1.54. The van der Waals surface area contributed by atoms with Crippen LogP contribution in [0.2, 0.25) is 0 Å². The van der Waals surface area contributed by atoms with Gasteiger partial charge >= 0.3 is 10.7 Å². The van der Waals surface area contributed by atoms with Crippen LogP contribution < -0.4 is 15.6 Å². The number of carbonyl (C=O) groups excluding carboxylic acids is 1. The molecule has 0 saturated carbocycles. The zero-order valence-corrected chi connectivity index (χ0v) is 13.1. The number of hydrogen-bond acceptors (Lipinski definition) is 4. The summed E-state index contributed by atoms with van der Waals surface area (Å²) in [5, 5.41) is 5.66. The molecule has 0 aliphatic heterocycles. The van der Waals surface area contributed by atoms with Gasteiger partial charge in [0, 0.05) is 22.3 Å². The van der Waals surface area contributed by atoms with Crippen LogP contribution in [0.4, 0.5) is 5.69 Å². The average molecular weight is 359 g/mol. The van der Waals surface area contributed by atoms with Gasteiger partial charge in [0.25, 0.3) is 0 Å². The van der Waals surface area contributed by atoms with Crippen molar-refractivity contribution in [2.45, 2.75) is 11.4 Å². The molecule has 1 aromatic heterocycles. The van der Waals surface area contributed by atoms with Crippen molar-refractivity contribution >= 4 is 39.3 Å². The van der Waals surface area contributed by atoms with Gasteiger partial charge in [0.05, 0.1) is 0 Å². The van der Waals surface area contributed by atoms with E-state index in [2.05, 4.69) is 31.0 Å². The Kier molecular flexibility index (Phi) is 5.02. The molecule has 2 aromatic rings. The second kappa shape index (κ2) is 6.76. The van der Waals surface area contributed by atoms with E-state index in [0.717, 1.165) is 10.2 Å². The van der Waals surface area contributed by atoms with Crippen molar-refractivity contribution in [2.24, 2.45) is 7.05 Å². The van der Waals surface area contributed by atoms with Crippen LogP contribution in [0.15, 0.2) is 43.1 Å². The maximum Gasteiger partial charge on any atom is 0.441 e. The van der Waals surface area contributed by atoms with Crippen LogP contribution in [0, 0.1) is 0 Å². The first-order chi connectivity index (χ1) is 9.56. The molecule has 0 aliphatic carbocycles. The smallest absolute Gasteiger partial charge is 0.326 e. The van der Waals surface area contributed by atoms with E-state index < -0.39 is 5.63 Å². The summed E-state index contributed by atoms with van der Waals surface area (Å²) in [7, 11) is 1.68. The van der Waals surface area contributed by atoms with Gasteiger partial charge in [-0.1, -0.05) is 20.6 Å². The second-order valence-corrected chi connectivity index (χ2v) is 6.00. The van der Waals surface area contributed by atoms with Crippen molar-refractivity contribution < 1.29 is 14.0 Å². The highest BCUT2D eigenvalue weighted by atomic mass is 79.9. The molecule has 1 heterocycles. The third-order valence-corrected chi connectivity index (χ3v) is 4.10.